The van der Waals surface area contributed by atoms with E-state index in [1.54, 1.807) is 12.4 Å². The third-order valence-electron chi connectivity index (χ3n) is 2.67. The molecule has 1 aromatic heterocycles. The van der Waals surface area contributed by atoms with Crippen LogP contribution in [0.3, 0.4) is 0 Å². The lowest BCUT2D eigenvalue weighted by Crippen LogP contribution is -2.30. The summed E-state index contributed by atoms with van der Waals surface area (Å²) in [6, 6.07) is 11.7. The van der Waals surface area contributed by atoms with Crippen molar-refractivity contribution in [2.75, 3.05) is 17.6 Å². The van der Waals surface area contributed by atoms with Crippen molar-refractivity contribution < 1.29 is 0 Å². The molecule has 2 aromatic rings. The predicted molar refractivity (Wildman–Crippen MR) is 96.1 cm³/mol. The zero-order chi connectivity index (χ0) is 14.9. The van der Waals surface area contributed by atoms with Crippen molar-refractivity contribution in [2.45, 2.75) is 5.75 Å². The minimum Gasteiger partial charge on any atom is -0.362 e. The number of hydrogen-bond donors (Lipinski definition) is 2. The lowest BCUT2D eigenvalue weighted by molar-refractivity contribution is 0.989. The normalized spacial score (nSPS) is 10.1. The molecule has 0 atom stereocenters. The Labute approximate surface area is 139 Å². The maximum atomic E-state index is 6.11. The summed E-state index contributed by atoms with van der Waals surface area (Å²) in [6.07, 6.45) is 3.47. The van der Waals surface area contributed by atoms with Crippen molar-refractivity contribution >= 4 is 46.4 Å². The van der Waals surface area contributed by atoms with Gasteiger partial charge in [0.25, 0.3) is 0 Å². The van der Waals surface area contributed by atoms with Gasteiger partial charge in [-0.15, -0.1) is 0 Å². The smallest absolute Gasteiger partial charge is 0.170 e. The third-order valence-corrected chi connectivity index (χ3v) is 4.29. The molecule has 1 heterocycles. The molecule has 0 bridgehead atoms. The lowest BCUT2D eigenvalue weighted by atomic mass is 10.2. The zero-order valence-corrected chi connectivity index (χ0v) is 13.8. The highest BCUT2D eigenvalue weighted by Crippen LogP contribution is 2.20. The van der Waals surface area contributed by atoms with Crippen LogP contribution in [0.5, 0.6) is 0 Å². The summed E-state index contributed by atoms with van der Waals surface area (Å²) in [5, 5.41) is 7.70. The van der Waals surface area contributed by atoms with E-state index < -0.39 is 0 Å². The van der Waals surface area contributed by atoms with Crippen molar-refractivity contribution in [3.05, 3.63) is 59.4 Å². The van der Waals surface area contributed by atoms with Crippen molar-refractivity contribution in [3.63, 3.8) is 0 Å². The highest BCUT2D eigenvalue weighted by atomic mass is 35.5. The third kappa shape index (κ3) is 5.91. The van der Waals surface area contributed by atoms with Gasteiger partial charge in [0.15, 0.2) is 5.11 Å². The maximum Gasteiger partial charge on any atom is 0.170 e. The number of halogens is 1. The molecule has 0 aliphatic heterocycles. The van der Waals surface area contributed by atoms with Crippen molar-refractivity contribution in [1.82, 2.24) is 10.3 Å². The van der Waals surface area contributed by atoms with E-state index in [9.17, 15) is 0 Å². The molecule has 3 nitrogen and oxygen atoms in total. The molecule has 0 aliphatic rings. The van der Waals surface area contributed by atoms with Gasteiger partial charge in [-0.2, -0.15) is 11.8 Å². The van der Waals surface area contributed by atoms with Gasteiger partial charge < -0.3 is 10.6 Å². The fourth-order valence-corrected chi connectivity index (χ4v) is 3.01. The van der Waals surface area contributed by atoms with Gasteiger partial charge in [0.1, 0.15) is 0 Å². The molecule has 2 N–H and O–H groups in total. The van der Waals surface area contributed by atoms with E-state index in [0.29, 0.717) is 5.11 Å². The standard InChI is InChI=1S/C15H16ClN3S2/c16-14-6-2-1-4-12(14)11-21-9-8-18-15(20)19-13-5-3-7-17-10-13/h1-7,10H,8-9,11H2,(H2,18,19,20). The molecular weight excluding hydrogens is 322 g/mol. The zero-order valence-electron chi connectivity index (χ0n) is 11.4. The van der Waals surface area contributed by atoms with Crippen LogP contribution in [0.2, 0.25) is 5.02 Å². The van der Waals surface area contributed by atoms with Crippen LogP contribution in [-0.2, 0) is 5.75 Å². The molecule has 110 valence electrons. The van der Waals surface area contributed by atoms with E-state index in [4.69, 9.17) is 23.8 Å². The molecule has 0 fully saturated rings. The Hall–Kier alpha value is -1.30. The lowest BCUT2D eigenvalue weighted by Gasteiger charge is -2.10. The van der Waals surface area contributed by atoms with E-state index in [1.165, 1.54) is 5.56 Å². The molecule has 0 spiro atoms. The Balaban J connectivity index is 1.62. The predicted octanol–water partition coefficient (Wildman–Crippen LogP) is 3.95. The number of nitrogens with zero attached hydrogens (tertiary/aromatic N) is 1. The number of thioether (sulfide) groups is 1. The van der Waals surface area contributed by atoms with E-state index in [0.717, 1.165) is 28.8 Å². The summed E-state index contributed by atoms with van der Waals surface area (Å²) >= 11 is 13.2. The van der Waals surface area contributed by atoms with E-state index >= 15 is 0 Å². The number of rotatable bonds is 6. The fourth-order valence-electron chi connectivity index (χ4n) is 1.65. The van der Waals surface area contributed by atoms with Crippen molar-refractivity contribution in [2.24, 2.45) is 0 Å². The summed E-state index contributed by atoms with van der Waals surface area (Å²) in [5.41, 5.74) is 2.05. The molecule has 21 heavy (non-hydrogen) atoms. The number of hydrogen-bond acceptors (Lipinski definition) is 3. The van der Waals surface area contributed by atoms with Crippen LogP contribution in [0, 0.1) is 0 Å². The number of anilines is 1. The number of pyridine rings is 1. The molecule has 1 aromatic carbocycles. The van der Waals surface area contributed by atoms with E-state index in [1.807, 2.05) is 42.1 Å². The van der Waals surface area contributed by atoms with Crippen LogP contribution in [0.25, 0.3) is 0 Å². The summed E-state index contributed by atoms with van der Waals surface area (Å²) in [5.74, 6) is 1.87. The van der Waals surface area contributed by atoms with Gasteiger partial charge in [0.05, 0.1) is 11.9 Å². The summed E-state index contributed by atoms with van der Waals surface area (Å²) in [4.78, 5) is 4.02. The van der Waals surface area contributed by atoms with Gasteiger partial charge in [-0.05, 0) is 36.0 Å². The van der Waals surface area contributed by atoms with Crippen molar-refractivity contribution in [3.8, 4) is 0 Å². The molecule has 2 rings (SSSR count). The summed E-state index contributed by atoms with van der Waals surface area (Å²) in [7, 11) is 0. The van der Waals surface area contributed by atoms with Gasteiger partial charge in [0.2, 0.25) is 0 Å². The van der Waals surface area contributed by atoms with Gasteiger partial charge in [-0.3, -0.25) is 4.98 Å². The Bertz CT molecular complexity index is 578. The SMILES string of the molecule is S=C(NCCSCc1ccccc1Cl)Nc1cccnc1. The first-order valence-corrected chi connectivity index (χ1v) is 8.46. The largest absolute Gasteiger partial charge is 0.362 e. The maximum absolute atomic E-state index is 6.11. The minimum atomic E-state index is 0.612. The van der Waals surface area contributed by atoms with Gasteiger partial charge >= 0.3 is 0 Å². The van der Waals surface area contributed by atoms with Crippen molar-refractivity contribution in [1.29, 1.82) is 0 Å². The van der Waals surface area contributed by atoms with Gasteiger partial charge in [-0.1, -0.05) is 29.8 Å². The van der Waals surface area contributed by atoms with E-state index in [2.05, 4.69) is 21.7 Å². The second kappa shape index (κ2) is 8.87. The first-order valence-electron chi connectivity index (χ1n) is 6.52. The van der Waals surface area contributed by atoms with Crippen LogP contribution in [-0.4, -0.2) is 22.4 Å². The number of thiocarbonyl (C=S) groups is 1. The molecule has 0 saturated carbocycles. The fraction of sp³-hybridized carbons (Fsp3) is 0.200. The number of aromatic nitrogens is 1. The van der Waals surface area contributed by atoms with Crippen LogP contribution >= 0.6 is 35.6 Å². The van der Waals surface area contributed by atoms with Crippen LogP contribution in [0.1, 0.15) is 5.56 Å². The minimum absolute atomic E-state index is 0.612. The van der Waals surface area contributed by atoms with Crippen LogP contribution < -0.4 is 10.6 Å². The molecule has 0 saturated heterocycles. The number of benzene rings is 1. The first kappa shape index (κ1) is 16.1. The highest BCUT2D eigenvalue weighted by molar-refractivity contribution is 7.98. The Morgan fingerprint density at radius 2 is 2.10 bits per heavy atom. The monoisotopic (exact) mass is 337 g/mol. The Morgan fingerprint density at radius 3 is 2.86 bits per heavy atom. The second-order valence-corrected chi connectivity index (χ2v) is 6.19. The Morgan fingerprint density at radius 1 is 1.24 bits per heavy atom. The average Bonchev–Trinajstić information content (AvgIpc) is 2.50. The second-order valence-electron chi connectivity index (χ2n) is 4.27. The molecule has 6 heteroatoms. The molecule has 0 aliphatic carbocycles. The quantitative estimate of drug-likeness (QED) is 0.616. The molecule has 0 radical (unpaired) electrons. The van der Waals surface area contributed by atoms with Gasteiger partial charge in [0, 0.05) is 29.3 Å². The topological polar surface area (TPSA) is 37.0 Å². The highest BCUT2D eigenvalue weighted by Gasteiger charge is 2.00. The molecule has 0 amide bonds. The van der Waals surface area contributed by atoms with Gasteiger partial charge in [-0.25, -0.2) is 0 Å². The Kier molecular flexibility index (Phi) is 6.79. The summed E-state index contributed by atoms with van der Waals surface area (Å²) < 4.78 is 0. The van der Waals surface area contributed by atoms with Crippen LogP contribution in [0.4, 0.5) is 5.69 Å². The van der Waals surface area contributed by atoms with E-state index in [-0.39, 0.29) is 0 Å². The first-order chi connectivity index (χ1) is 10.3. The summed E-state index contributed by atoms with van der Waals surface area (Å²) in [6.45, 7) is 0.807. The number of nitrogens with one attached hydrogen (secondary N) is 2. The average molecular weight is 338 g/mol. The molecule has 0 unspecified atom stereocenters. The molecular formula is C15H16ClN3S2. The van der Waals surface area contributed by atoms with Crippen LogP contribution in [0.15, 0.2) is 48.8 Å².